The van der Waals surface area contributed by atoms with Crippen LogP contribution in [0.25, 0.3) is 11.1 Å². The number of aryl methyl sites for hydroxylation is 1. The zero-order valence-corrected chi connectivity index (χ0v) is 27.2. The summed E-state index contributed by atoms with van der Waals surface area (Å²) in [7, 11) is -1.59. The van der Waals surface area contributed by atoms with Crippen LogP contribution < -0.4 is 5.32 Å². The molecular weight excluding hydrogens is 597 g/mol. The van der Waals surface area contributed by atoms with Crippen LogP contribution in [0.15, 0.2) is 42.5 Å². The van der Waals surface area contributed by atoms with Crippen molar-refractivity contribution in [3.05, 3.63) is 59.2 Å². The highest BCUT2D eigenvalue weighted by Crippen LogP contribution is 2.33. The predicted octanol–water partition coefficient (Wildman–Crippen LogP) is 5.82. The number of nitrogens with zero attached hydrogens (tertiary/aromatic N) is 1. The molecule has 0 spiro atoms. The summed E-state index contributed by atoms with van der Waals surface area (Å²) in [5, 5.41) is 12.0. The van der Waals surface area contributed by atoms with Crippen LogP contribution in [-0.4, -0.2) is 85.7 Å². The minimum atomic E-state index is -3.24. The molecule has 8 nitrogen and oxygen atoms in total. The van der Waals surface area contributed by atoms with Crippen molar-refractivity contribution in [2.24, 2.45) is 5.92 Å². The first kappa shape index (κ1) is 36.1. The number of likely N-dealkylation sites (tertiary alicyclic amines) is 1. The monoisotopic (exact) mass is 646 g/mol. The highest BCUT2D eigenvalue weighted by Gasteiger charge is 2.40. The summed E-state index contributed by atoms with van der Waals surface area (Å²) in [6.07, 6.45) is 8.24. The number of carboxylic acids is 1. The SMILES string of the molecule is C.COC[C@@H]1C[C@@H](S(=O)(=O)CC2CCCCC2)CN1Cc1ccc(C(=O)N[C@@H](CCSC)C(=O)O)c(-c2ccccc2C)c1. The lowest BCUT2D eigenvalue weighted by atomic mass is 9.91. The van der Waals surface area contributed by atoms with Gasteiger partial charge in [-0.2, -0.15) is 11.8 Å². The van der Waals surface area contributed by atoms with Crippen molar-refractivity contribution in [1.29, 1.82) is 0 Å². The highest BCUT2D eigenvalue weighted by atomic mass is 32.2. The number of sulfone groups is 1. The molecule has 4 rings (SSSR count). The fraction of sp³-hybridized carbons (Fsp3) is 0.588. The Bertz CT molecular complexity index is 1360. The average molecular weight is 647 g/mol. The van der Waals surface area contributed by atoms with E-state index in [-0.39, 0.29) is 25.1 Å². The van der Waals surface area contributed by atoms with E-state index in [0.29, 0.717) is 43.9 Å². The number of benzene rings is 2. The topological polar surface area (TPSA) is 113 Å². The number of carbonyl (C=O) groups excluding carboxylic acids is 1. The Morgan fingerprint density at radius 2 is 1.84 bits per heavy atom. The molecule has 2 fully saturated rings. The van der Waals surface area contributed by atoms with Gasteiger partial charge in [0.25, 0.3) is 5.91 Å². The number of amides is 1. The third kappa shape index (κ3) is 9.31. The number of carboxylic acid groups (broad SMARTS) is 1. The van der Waals surface area contributed by atoms with Crippen LogP contribution in [-0.2, 0) is 25.9 Å². The van der Waals surface area contributed by atoms with Gasteiger partial charge < -0.3 is 15.2 Å². The molecule has 2 aromatic rings. The van der Waals surface area contributed by atoms with E-state index < -0.39 is 33.0 Å². The molecule has 2 aromatic carbocycles. The number of aliphatic carboxylic acids is 1. The minimum absolute atomic E-state index is 0. The van der Waals surface area contributed by atoms with Crippen LogP contribution in [0.1, 0.15) is 73.9 Å². The standard InChI is InChI=1S/C33H46N2O6S2.CH4/c1-23-9-7-8-12-28(23)30-17-25(13-14-29(30)32(36)34-31(33(37)38)15-16-42-3)19-35-20-27(18-26(35)21-41-2)43(39,40)22-24-10-5-4-6-11-24;/h7-9,12-14,17,24,26-27,31H,4-6,10-11,15-16,18-22H2,1-3H3,(H,34,36)(H,37,38);1H4/t26-,27+,31-;/m0./s1. The molecule has 2 N–H and O–H groups in total. The van der Waals surface area contributed by atoms with Gasteiger partial charge in [-0.1, -0.05) is 57.0 Å². The largest absolute Gasteiger partial charge is 0.480 e. The third-order valence-corrected chi connectivity index (χ3v) is 11.8. The quantitative estimate of drug-likeness (QED) is 0.264. The number of thioether (sulfide) groups is 1. The maximum Gasteiger partial charge on any atom is 0.326 e. The highest BCUT2D eigenvalue weighted by molar-refractivity contribution is 7.98. The van der Waals surface area contributed by atoms with Crippen molar-refractivity contribution >= 4 is 33.5 Å². The second kappa shape index (κ2) is 16.8. The number of methoxy groups -OCH3 is 1. The molecule has 1 aliphatic heterocycles. The van der Waals surface area contributed by atoms with Gasteiger partial charge in [0, 0.05) is 31.8 Å². The molecule has 1 heterocycles. The number of hydrogen-bond acceptors (Lipinski definition) is 7. The number of nitrogens with one attached hydrogen (secondary N) is 1. The van der Waals surface area contributed by atoms with Gasteiger partial charge >= 0.3 is 5.97 Å². The van der Waals surface area contributed by atoms with Gasteiger partial charge in [0.2, 0.25) is 0 Å². The fourth-order valence-corrected chi connectivity index (χ4v) is 9.19. The van der Waals surface area contributed by atoms with Crippen molar-refractivity contribution in [1.82, 2.24) is 10.2 Å². The van der Waals surface area contributed by atoms with E-state index in [2.05, 4.69) is 10.2 Å². The lowest BCUT2D eigenvalue weighted by Crippen LogP contribution is -2.41. The number of ether oxygens (including phenoxy) is 1. The van der Waals surface area contributed by atoms with Gasteiger partial charge in [-0.05, 0) is 84.9 Å². The molecule has 2 aliphatic rings. The molecule has 0 aromatic heterocycles. The summed E-state index contributed by atoms with van der Waals surface area (Å²) in [6.45, 7) is 3.42. The summed E-state index contributed by atoms with van der Waals surface area (Å²) in [5.74, 6) is -0.309. The minimum Gasteiger partial charge on any atom is -0.480 e. The lowest BCUT2D eigenvalue weighted by molar-refractivity contribution is -0.139. The number of carbonyl (C=O) groups is 2. The van der Waals surface area contributed by atoms with E-state index in [1.165, 1.54) is 18.2 Å². The number of hydrogen-bond donors (Lipinski definition) is 2. The van der Waals surface area contributed by atoms with Crippen LogP contribution in [0.2, 0.25) is 0 Å². The summed E-state index contributed by atoms with van der Waals surface area (Å²) in [6, 6.07) is 12.5. The molecular formula is C34H50N2O6S2. The first-order valence-corrected chi connectivity index (χ1v) is 18.4. The van der Waals surface area contributed by atoms with E-state index in [4.69, 9.17) is 4.74 Å². The Kier molecular flexibility index (Phi) is 13.8. The molecule has 1 saturated heterocycles. The Hall–Kier alpha value is -2.40. The molecule has 1 amide bonds. The lowest BCUT2D eigenvalue weighted by Gasteiger charge is -2.25. The van der Waals surface area contributed by atoms with Gasteiger partial charge in [-0.15, -0.1) is 0 Å². The van der Waals surface area contributed by atoms with Crippen LogP contribution in [0, 0.1) is 12.8 Å². The molecule has 3 atom stereocenters. The van der Waals surface area contributed by atoms with E-state index in [9.17, 15) is 23.1 Å². The second-order valence-electron chi connectivity index (χ2n) is 12.1. The molecule has 0 bridgehead atoms. The van der Waals surface area contributed by atoms with Crippen molar-refractivity contribution < 1.29 is 27.9 Å². The van der Waals surface area contributed by atoms with Crippen LogP contribution >= 0.6 is 11.8 Å². The predicted molar refractivity (Wildman–Crippen MR) is 180 cm³/mol. The normalized spacial score (nSPS) is 20.2. The maximum atomic E-state index is 13.5. The molecule has 44 heavy (non-hydrogen) atoms. The van der Waals surface area contributed by atoms with E-state index in [1.807, 2.05) is 49.6 Å². The summed E-state index contributed by atoms with van der Waals surface area (Å²) in [4.78, 5) is 27.5. The van der Waals surface area contributed by atoms with Gasteiger partial charge in [-0.25, -0.2) is 13.2 Å². The van der Waals surface area contributed by atoms with Crippen LogP contribution in [0.3, 0.4) is 0 Å². The summed E-state index contributed by atoms with van der Waals surface area (Å²) in [5.41, 5.74) is 3.99. The molecule has 0 radical (unpaired) electrons. The van der Waals surface area contributed by atoms with Gasteiger partial charge in [0.05, 0.1) is 17.6 Å². The van der Waals surface area contributed by atoms with Crippen molar-refractivity contribution in [3.63, 3.8) is 0 Å². The van der Waals surface area contributed by atoms with Crippen LogP contribution in [0.4, 0.5) is 0 Å². The van der Waals surface area contributed by atoms with Crippen molar-refractivity contribution in [2.75, 3.05) is 38.0 Å². The first-order valence-electron chi connectivity index (χ1n) is 15.3. The second-order valence-corrected chi connectivity index (χ2v) is 15.4. The van der Waals surface area contributed by atoms with E-state index in [0.717, 1.165) is 47.9 Å². The van der Waals surface area contributed by atoms with E-state index >= 15 is 0 Å². The third-order valence-electron chi connectivity index (χ3n) is 8.91. The van der Waals surface area contributed by atoms with E-state index in [1.54, 1.807) is 13.2 Å². The fourth-order valence-electron chi connectivity index (χ4n) is 6.53. The van der Waals surface area contributed by atoms with Crippen LogP contribution in [0.5, 0.6) is 0 Å². The summed E-state index contributed by atoms with van der Waals surface area (Å²) >= 11 is 1.54. The Morgan fingerprint density at radius 3 is 2.50 bits per heavy atom. The maximum absolute atomic E-state index is 13.5. The molecule has 1 aliphatic carbocycles. The molecule has 10 heteroatoms. The zero-order chi connectivity index (χ0) is 31.0. The Morgan fingerprint density at radius 1 is 1.11 bits per heavy atom. The van der Waals surface area contributed by atoms with Crippen molar-refractivity contribution in [3.8, 4) is 11.1 Å². The van der Waals surface area contributed by atoms with Gasteiger partial charge in [0.15, 0.2) is 9.84 Å². The Balaban J connectivity index is 0.00000529. The number of rotatable bonds is 14. The van der Waals surface area contributed by atoms with Crippen molar-refractivity contribution in [2.45, 2.75) is 83.2 Å². The first-order chi connectivity index (χ1) is 20.6. The summed E-state index contributed by atoms with van der Waals surface area (Å²) < 4.78 is 32.5. The zero-order valence-electron chi connectivity index (χ0n) is 25.6. The Labute approximate surface area is 268 Å². The van der Waals surface area contributed by atoms with Gasteiger partial charge in [-0.3, -0.25) is 9.69 Å². The average Bonchev–Trinajstić information content (AvgIpc) is 3.39. The molecule has 244 valence electrons. The molecule has 0 unspecified atom stereocenters. The molecule has 1 saturated carbocycles. The van der Waals surface area contributed by atoms with Gasteiger partial charge in [0.1, 0.15) is 6.04 Å². The smallest absolute Gasteiger partial charge is 0.326 e.